The number of nitrogens with one attached hydrogen (secondary N) is 2. The second kappa shape index (κ2) is 8.03. The van der Waals surface area contributed by atoms with Crippen LogP contribution in [-0.4, -0.2) is 28.2 Å². The number of hydrogen-bond donors (Lipinski definition) is 2. The quantitative estimate of drug-likeness (QED) is 0.606. The van der Waals surface area contributed by atoms with Gasteiger partial charge in [0, 0.05) is 24.0 Å². The van der Waals surface area contributed by atoms with Crippen LogP contribution in [0.3, 0.4) is 0 Å². The molecule has 2 N–H and O–H groups in total. The minimum atomic E-state index is -0.341. The fourth-order valence-electron chi connectivity index (χ4n) is 1.96. The van der Waals surface area contributed by atoms with Crippen LogP contribution in [0.5, 0.6) is 0 Å². The zero-order valence-corrected chi connectivity index (χ0v) is 13.3. The Balaban J connectivity index is 2.07. The number of anilines is 2. The minimum Gasteiger partial charge on any atom is -0.354 e. The van der Waals surface area contributed by atoms with E-state index in [1.165, 1.54) is 6.92 Å². The van der Waals surface area contributed by atoms with Gasteiger partial charge in [-0.05, 0) is 31.5 Å². The zero-order valence-electron chi connectivity index (χ0n) is 13.3. The molecule has 0 saturated heterocycles. The molecule has 1 heterocycles. The molecule has 0 spiro atoms. The van der Waals surface area contributed by atoms with E-state index in [1.54, 1.807) is 36.5 Å². The lowest BCUT2D eigenvalue weighted by Crippen LogP contribution is -2.15. The van der Waals surface area contributed by atoms with Crippen molar-refractivity contribution in [3.05, 3.63) is 47.8 Å². The highest BCUT2D eigenvalue weighted by Crippen LogP contribution is 2.12. The molecule has 0 unspecified atom stereocenters. The van der Waals surface area contributed by atoms with Gasteiger partial charge in [0.05, 0.1) is 0 Å². The Morgan fingerprint density at radius 3 is 2.78 bits per heavy atom. The number of rotatable bonds is 7. The summed E-state index contributed by atoms with van der Waals surface area (Å²) in [7, 11) is 0. The summed E-state index contributed by atoms with van der Waals surface area (Å²) in [5.41, 5.74) is 1.38. The molecule has 120 valence electrons. The highest BCUT2D eigenvalue weighted by molar-refractivity contribution is 6.04. The zero-order chi connectivity index (χ0) is 16.7. The maximum Gasteiger partial charge on any atom is 0.274 e. The highest BCUT2D eigenvalue weighted by atomic mass is 16.2. The van der Waals surface area contributed by atoms with E-state index in [9.17, 15) is 9.59 Å². The standard InChI is InChI=1S/C17H20N4O2/c1-3-4-9-18-17-19-10-8-15(21-17)16(23)20-14-7-5-6-13(11-14)12(2)22/h5-8,10-11H,3-4,9H2,1-2H3,(H,20,23)(H,18,19,21). The number of hydrogen-bond acceptors (Lipinski definition) is 5. The molecule has 23 heavy (non-hydrogen) atoms. The fourth-order valence-corrected chi connectivity index (χ4v) is 1.96. The van der Waals surface area contributed by atoms with E-state index in [-0.39, 0.29) is 17.4 Å². The van der Waals surface area contributed by atoms with Crippen molar-refractivity contribution >= 4 is 23.3 Å². The molecule has 0 saturated carbocycles. The van der Waals surface area contributed by atoms with Crippen molar-refractivity contribution in [1.29, 1.82) is 0 Å². The molecule has 0 atom stereocenters. The normalized spacial score (nSPS) is 10.2. The van der Waals surface area contributed by atoms with Gasteiger partial charge in [0.2, 0.25) is 5.95 Å². The van der Waals surface area contributed by atoms with Gasteiger partial charge in [-0.2, -0.15) is 0 Å². The number of ketones is 1. The molecule has 0 bridgehead atoms. The number of benzene rings is 1. The van der Waals surface area contributed by atoms with Crippen molar-refractivity contribution < 1.29 is 9.59 Å². The summed E-state index contributed by atoms with van der Waals surface area (Å²) >= 11 is 0. The van der Waals surface area contributed by atoms with E-state index in [4.69, 9.17) is 0 Å². The Morgan fingerprint density at radius 2 is 2.04 bits per heavy atom. The van der Waals surface area contributed by atoms with Crippen LogP contribution in [0.15, 0.2) is 36.5 Å². The smallest absolute Gasteiger partial charge is 0.274 e. The first-order valence-corrected chi connectivity index (χ1v) is 7.59. The van der Waals surface area contributed by atoms with Gasteiger partial charge in [-0.1, -0.05) is 25.5 Å². The third kappa shape index (κ3) is 4.88. The van der Waals surface area contributed by atoms with Gasteiger partial charge in [-0.3, -0.25) is 9.59 Å². The molecule has 0 aliphatic carbocycles. The summed E-state index contributed by atoms with van der Waals surface area (Å²) in [6.45, 7) is 4.35. The van der Waals surface area contributed by atoms with Crippen LogP contribution in [0.1, 0.15) is 47.5 Å². The lowest BCUT2D eigenvalue weighted by Gasteiger charge is -2.08. The van der Waals surface area contributed by atoms with Gasteiger partial charge in [0.15, 0.2) is 5.78 Å². The van der Waals surface area contributed by atoms with Crippen molar-refractivity contribution in [3.8, 4) is 0 Å². The van der Waals surface area contributed by atoms with E-state index in [0.29, 0.717) is 17.2 Å². The lowest BCUT2D eigenvalue weighted by atomic mass is 10.1. The van der Waals surface area contributed by atoms with E-state index in [1.807, 2.05) is 0 Å². The summed E-state index contributed by atoms with van der Waals surface area (Å²) in [6, 6.07) is 8.35. The van der Waals surface area contributed by atoms with Crippen LogP contribution >= 0.6 is 0 Å². The van der Waals surface area contributed by atoms with Crippen LogP contribution in [0, 0.1) is 0 Å². The highest BCUT2D eigenvalue weighted by Gasteiger charge is 2.10. The Bertz CT molecular complexity index is 700. The van der Waals surface area contributed by atoms with Crippen LogP contribution in [0.4, 0.5) is 11.6 Å². The Kier molecular flexibility index (Phi) is 5.80. The predicted molar refractivity (Wildman–Crippen MR) is 89.8 cm³/mol. The first kappa shape index (κ1) is 16.6. The van der Waals surface area contributed by atoms with Gasteiger partial charge in [-0.15, -0.1) is 0 Å². The summed E-state index contributed by atoms with van der Waals surface area (Å²) < 4.78 is 0. The molecule has 2 rings (SSSR count). The molecule has 2 aromatic rings. The van der Waals surface area contributed by atoms with E-state index in [2.05, 4.69) is 27.5 Å². The summed E-state index contributed by atoms with van der Waals surface area (Å²) in [5.74, 6) is 0.0424. The van der Waals surface area contributed by atoms with Crippen molar-refractivity contribution in [2.45, 2.75) is 26.7 Å². The van der Waals surface area contributed by atoms with Gasteiger partial charge in [0.25, 0.3) is 5.91 Å². The minimum absolute atomic E-state index is 0.0504. The Morgan fingerprint density at radius 1 is 1.22 bits per heavy atom. The SMILES string of the molecule is CCCCNc1nccc(C(=O)Nc2cccc(C(C)=O)c2)n1. The van der Waals surface area contributed by atoms with Crippen molar-refractivity contribution in [3.63, 3.8) is 0 Å². The van der Waals surface area contributed by atoms with Crippen LogP contribution < -0.4 is 10.6 Å². The maximum atomic E-state index is 12.3. The average Bonchev–Trinajstić information content (AvgIpc) is 2.55. The molecule has 1 aromatic carbocycles. The first-order chi connectivity index (χ1) is 11.1. The van der Waals surface area contributed by atoms with Crippen molar-refractivity contribution in [2.24, 2.45) is 0 Å². The Hall–Kier alpha value is -2.76. The summed E-state index contributed by atoms with van der Waals surface area (Å²) in [4.78, 5) is 31.9. The van der Waals surface area contributed by atoms with Crippen molar-refractivity contribution in [1.82, 2.24) is 9.97 Å². The summed E-state index contributed by atoms with van der Waals surface area (Å²) in [5, 5.41) is 5.82. The van der Waals surface area contributed by atoms with Crippen LogP contribution in [0.25, 0.3) is 0 Å². The molecular formula is C17H20N4O2. The van der Waals surface area contributed by atoms with Gasteiger partial charge >= 0.3 is 0 Å². The topological polar surface area (TPSA) is 84.0 Å². The van der Waals surface area contributed by atoms with E-state index < -0.39 is 0 Å². The second-order valence-electron chi connectivity index (χ2n) is 5.14. The number of nitrogens with zero attached hydrogens (tertiary/aromatic N) is 2. The third-order valence-corrected chi connectivity index (χ3v) is 3.23. The molecule has 1 aromatic heterocycles. The largest absolute Gasteiger partial charge is 0.354 e. The molecule has 0 aliphatic rings. The molecule has 0 fully saturated rings. The van der Waals surface area contributed by atoms with E-state index >= 15 is 0 Å². The third-order valence-electron chi connectivity index (χ3n) is 3.23. The number of amides is 1. The maximum absolute atomic E-state index is 12.3. The van der Waals surface area contributed by atoms with Crippen molar-refractivity contribution in [2.75, 3.05) is 17.2 Å². The summed E-state index contributed by atoms with van der Waals surface area (Å²) in [6.07, 6.45) is 3.62. The van der Waals surface area contributed by atoms with Gasteiger partial charge in [-0.25, -0.2) is 9.97 Å². The Labute approximate surface area is 135 Å². The molecule has 6 heteroatoms. The number of aromatic nitrogens is 2. The molecule has 6 nitrogen and oxygen atoms in total. The fraction of sp³-hybridized carbons (Fsp3) is 0.294. The number of Topliss-reactive ketones (excluding diaryl/α,β-unsaturated/α-hetero) is 1. The number of carbonyl (C=O) groups is 2. The molecule has 1 amide bonds. The van der Waals surface area contributed by atoms with Crippen LogP contribution in [0.2, 0.25) is 0 Å². The first-order valence-electron chi connectivity index (χ1n) is 7.59. The second-order valence-corrected chi connectivity index (χ2v) is 5.14. The monoisotopic (exact) mass is 312 g/mol. The molecular weight excluding hydrogens is 292 g/mol. The average molecular weight is 312 g/mol. The van der Waals surface area contributed by atoms with Crippen LogP contribution in [-0.2, 0) is 0 Å². The van der Waals surface area contributed by atoms with Gasteiger partial charge in [0.1, 0.15) is 5.69 Å². The molecule has 0 radical (unpaired) electrons. The molecule has 0 aliphatic heterocycles. The van der Waals surface area contributed by atoms with Gasteiger partial charge < -0.3 is 10.6 Å². The predicted octanol–water partition coefficient (Wildman–Crippen LogP) is 3.14. The lowest BCUT2D eigenvalue weighted by molar-refractivity contribution is 0.100. The number of unbranched alkanes of at least 4 members (excludes halogenated alkanes) is 1. The van der Waals surface area contributed by atoms with E-state index in [0.717, 1.165) is 19.4 Å². The number of carbonyl (C=O) groups excluding carboxylic acids is 2.